The van der Waals surface area contributed by atoms with Crippen molar-refractivity contribution < 1.29 is 0 Å². The molecule has 4 nitrogen and oxygen atoms in total. The van der Waals surface area contributed by atoms with Gasteiger partial charge in [-0.15, -0.1) is 0 Å². The molecular formula is C12H21N3OS. The Labute approximate surface area is 106 Å². The van der Waals surface area contributed by atoms with Gasteiger partial charge >= 0.3 is 4.87 Å². The van der Waals surface area contributed by atoms with Crippen LogP contribution in [0.25, 0.3) is 0 Å². The molecule has 2 N–H and O–H groups in total. The number of nitrogens with zero attached hydrogens (tertiary/aromatic N) is 1. The summed E-state index contributed by atoms with van der Waals surface area (Å²) >= 11 is 1.26. The first-order valence-electron chi connectivity index (χ1n) is 6.40. The van der Waals surface area contributed by atoms with E-state index in [0.29, 0.717) is 6.04 Å². The quantitative estimate of drug-likeness (QED) is 0.855. The third kappa shape index (κ3) is 3.94. The van der Waals surface area contributed by atoms with E-state index in [1.807, 2.05) is 5.38 Å². The largest absolute Gasteiger partial charge is 0.315 e. The molecule has 1 fully saturated rings. The molecule has 1 atom stereocenters. The number of hydrogen-bond acceptors (Lipinski definition) is 4. The summed E-state index contributed by atoms with van der Waals surface area (Å²) in [4.78, 5) is 16.5. The van der Waals surface area contributed by atoms with Crippen molar-refractivity contribution in [1.29, 1.82) is 0 Å². The van der Waals surface area contributed by atoms with Crippen LogP contribution in [-0.2, 0) is 6.54 Å². The van der Waals surface area contributed by atoms with Gasteiger partial charge in [0.25, 0.3) is 0 Å². The van der Waals surface area contributed by atoms with Gasteiger partial charge < -0.3 is 10.3 Å². The molecule has 0 radical (unpaired) electrons. The molecule has 96 valence electrons. The predicted molar refractivity (Wildman–Crippen MR) is 71.5 cm³/mol. The molecule has 1 aromatic rings. The first-order chi connectivity index (χ1) is 8.28. The number of thiazole rings is 1. The molecule has 0 spiro atoms. The lowest BCUT2D eigenvalue weighted by Gasteiger charge is -2.23. The zero-order chi connectivity index (χ0) is 12.1. The van der Waals surface area contributed by atoms with Crippen molar-refractivity contribution in [3.63, 3.8) is 0 Å². The fourth-order valence-electron chi connectivity index (χ4n) is 2.39. The third-order valence-electron chi connectivity index (χ3n) is 3.16. The van der Waals surface area contributed by atoms with Crippen LogP contribution in [-0.4, -0.2) is 35.6 Å². The lowest BCUT2D eigenvalue weighted by Crippen LogP contribution is -2.37. The van der Waals surface area contributed by atoms with Crippen LogP contribution in [0.15, 0.2) is 10.2 Å². The smallest absolute Gasteiger partial charge is 0.304 e. The van der Waals surface area contributed by atoms with E-state index in [9.17, 15) is 4.79 Å². The van der Waals surface area contributed by atoms with Crippen molar-refractivity contribution in [3.8, 4) is 0 Å². The molecule has 1 saturated heterocycles. The molecule has 1 aliphatic rings. The average Bonchev–Trinajstić information content (AvgIpc) is 2.58. The summed E-state index contributed by atoms with van der Waals surface area (Å²) < 4.78 is 0. The second-order valence-corrected chi connectivity index (χ2v) is 5.54. The van der Waals surface area contributed by atoms with Crippen LogP contribution < -0.4 is 10.2 Å². The zero-order valence-corrected chi connectivity index (χ0v) is 11.2. The molecule has 0 aliphatic carbocycles. The van der Waals surface area contributed by atoms with Gasteiger partial charge in [-0.3, -0.25) is 9.69 Å². The lowest BCUT2D eigenvalue weighted by atomic mass is 10.1. The van der Waals surface area contributed by atoms with Crippen LogP contribution >= 0.6 is 11.3 Å². The van der Waals surface area contributed by atoms with Crippen LogP contribution in [0.1, 0.15) is 31.9 Å². The Balaban J connectivity index is 1.92. The first-order valence-corrected chi connectivity index (χ1v) is 7.28. The second-order valence-electron chi connectivity index (χ2n) is 4.70. The molecule has 1 aliphatic heterocycles. The van der Waals surface area contributed by atoms with Gasteiger partial charge in [-0.1, -0.05) is 24.7 Å². The maximum atomic E-state index is 11.1. The number of nitrogens with one attached hydrogen (secondary N) is 2. The molecule has 2 rings (SSSR count). The van der Waals surface area contributed by atoms with Crippen LogP contribution in [0.5, 0.6) is 0 Å². The summed E-state index contributed by atoms with van der Waals surface area (Å²) in [6.45, 7) is 6.42. The Morgan fingerprint density at radius 1 is 1.59 bits per heavy atom. The summed E-state index contributed by atoms with van der Waals surface area (Å²) in [7, 11) is 0. The molecule has 0 amide bonds. The van der Waals surface area contributed by atoms with Crippen LogP contribution in [0.2, 0.25) is 0 Å². The highest BCUT2D eigenvalue weighted by atomic mass is 32.1. The van der Waals surface area contributed by atoms with Crippen molar-refractivity contribution in [2.45, 2.75) is 38.8 Å². The number of aromatic nitrogens is 1. The Bertz CT molecular complexity index is 387. The summed E-state index contributed by atoms with van der Waals surface area (Å²) in [6.07, 6.45) is 3.64. The molecule has 17 heavy (non-hydrogen) atoms. The monoisotopic (exact) mass is 255 g/mol. The predicted octanol–water partition coefficient (Wildman–Crippen LogP) is 1.40. The number of rotatable bonds is 4. The Kier molecular flexibility index (Phi) is 4.76. The maximum absolute atomic E-state index is 11.1. The second kappa shape index (κ2) is 6.33. The number of hydrogen-bond donors (Lipinski definition) is 2. The van der Waals surface area contributed by atoms with Crippen molar-refractivity contribution in [2.24, 2.45) is 0 Å². The highest BCUT2D eigenvalue weighted by molar-refractivity contribution is 7.07. The SMILES string of the molecule is CCCC1CN(Cc2csc(=O)[nH]2)CCCN1. The molecule has 1 unspecified atom stereocenters. The van der Waals surface area contributed by atoms with E-state index in [0.717, 1.165) is 31.9 Å². The van der Waals surface area contributed by atoms with Gasteiger partial charge in [0.15, 0.2) is 0 Å². The van der Waals surface area contributed by atoms with Gasteiger partial charge in [0.2, 0.25) is 0 Å². The molecule has 0 aromatic carbocycles. The van der Waals surface area contributed by atoms with E-state index < -0.39 is 0 Å². The molecule has 2 heterocycles. The van der Waals surface area contributed by atoms with Crippen molar-refractivity contribution in [2.75, 3.05) is 19.6 Å². The zero-order valence-electron chi connectivity index (χ0n) is 10.4. The van der Waals surface area contributed by atoms with E-state index in [-0.39, 0.29) is 4.87 Å². The van der Waals surface area contributed by atoms with Gasteiger partial charge in [0, 0.05) is 30.2 Å². The van der Waals surface area contributed by atoms with Gasteiger partial charge in [0.05, 0.1) is 0 Å². The van der Waals surface area contributed by atoms with Gasteiger partial charge in [0.1, 0.15) is 0 Å². The summed E-state index contributed by atoms with van der Waals surface area (Å²) in [5.41, 5.74) is 1.05. The summed E-state index contributed by atoms with van der Waals surface area (Å²) in [5.74, 6) is 0. The van der Waals surface area contributed by atoms with Crippen LogP contribution in [0, 0.1) is 0 Å². The summed E-state index contributed by atoms with van der Waals surface area (Å²) in [6, 6.07) is 0.604. The van der Waals surface area contributed by atoms with E-state index in [1.165, 1.54) is 30.6 Å². The van der Waals surface area contributed by atoms with Crippen molar-refractivity contribution in [3.05, 3.63) is 20.7 Å². The average molecular weight is 255 g/mol. The molecule has 0 bridgehead atoms. The molecule has 1 aromatic heterocycles. The van der Waals surface area contributed by atoms with Crippen molar-refractivity contribution >= 4 is 11.3 Å². The molecule has 0 saturated carbocycles. The summed E-state index contributed by atoms with van der Waals surface area (Å²) in [5, 5.41) is 5.53. The third-order valence-corrected chi connectivity index (χ3v) is 3.88. The highest BCUT2D eigenvalue weighted by Gasteiger charge is 2.17. The van der Waals surface area contributed by atoms with E-state index in [2.05, 4.69) is 22.1 Å². The van der Waals surface area contributed by atoms with E-state index in [4.69, 9.17) is 0 Å². The highest BCUT2D eigenvalue weighted by Crippen LogP contribution is 2.09. The van der Waals surface area contributed by atoms with Gasteiger partial charge in [-0.2, -0.15) is 0 Å². The topological polar surface area (TPSA) is 48.1 Å². The Morgan fingerprint density at radius 2 is 2.47 bits per heavy atom. The fraction of sp³-hybridized carbons (Fsp3) is 0.750. The van der Waals surface area contributed by atoms with Gasteiger partial charge in [-0.05, 0) is 25.9 Å². The first kappa shape index (κ1) is 12.8. The normalized spacial score (nSPS) is 22.5. The maximum Gasteiger partial charge on any atom is 0.304 e. The fourth-order valence-corrected chi connectivity index (χ4v) is 2.97. The number of aromatic amines is 1. The molecule has 5 heteroatoms. The Hall–Kier alpha value is -0.650. The standard InChI is InChI=1S/C12H21N3OS/c1-2-4-10-7-15(6-3-5-13-10)8-11-9-17-12(16)14-11/h9-10,13H,2-8H2,1H3,(H,14,16). The Morgan fingerprint density at radius 3 is 3.18 bits per heavy atom. The van der Waals surface area contributed by atoms with Crippen LogP contribution in [0.3, 0.4) is 0 Å². The minimum absolute atomic E-state index is 0.0538. The molecular weight excluding hydrogens is 234 g/mol. The van der Waals surface area contributed by atoms with E-state index in [1.54, 1.807) is 0 Å². The minimum Gasteiger partial charge on any atom is -0.315 e. The van der Waals surface area contributed by atoms with Crippen LogP contribution in [0.4, 0.5) is 0 Å². The lowest BCUT2D eigenvalue weighted by molar-refractivity contribution is 0.252. The van der Waals surface area contributed by atoms with E-state index >= 15 is 0 Å². The number of H-pyrrole nitrogens is 1. The van der Waals surface area contributed by atoms with Gasteiger partial charge in [-0.25, -0.2) is 0 Å². The van der Waals surface area contributed by atoms with Crippen molar-refractivity contribution in [1.82, 2.24) is 15.2 Å². The minimum atomic E-state index is 0.0538.